The fourth-order valence-corrected chi connectivity index (χ4v) is 6.17. The van der Waals surface area contributed by atoms with Crippen LogP contribution in [-0.4, -0.2) is 77.8 Å². The van der Waals surface area contributed by atoms with Crippen LogP contribution in [-0.2, 0) is 0 Å². The van der Waals surface area contributed by atoms with Crippen molar-refractivity contribution in [3.05, 3.63) is 117 Å². The van der Waals surface area contributed by atoms with Gasteiger partial charge in [-0.2, -0.15) is 19.2 Å². The number of aromatic nitrogens is 10. The number of hydrogen-bond acceptors (Lipinski definition) is 11. The highest BCUT2D eigenvalue weighted by Crippen LogP contribution is 2.25. The lowest BCUT2D eigenvalue weighted by Crippen LogP contribution is -2.08. The monoisotopic (exact) mass is 666 g/mol. The molecule has 0 radical (unpaired) electrons. The van der Waals surface area contributed by atoms with Crippen molar-refractivity contribution in [3.8, 4) is 23.0 Å². The average Bonchev–Trinajstić information content (AvgIpc) is 3.94. The lowest BCUT2D eigenvalue weighted by molar-refractivity contribution is 0.930. The molecule has 0 amide bonds. The number of benzene rings is 1. The largest absolute Gasteiger partial charge is 0.378 e. The molecule has 0 bridgehead atoms. The highest BCUT2D eigenvalue weighted by molar-refractivity contribution is 7.16. The van der Waals surface area contributed by atoms with Gasteiger partial charge < -0.3 is 9.80 Å². The summed E-state index contributed by atoms with van der Waals surface area (Å²) in [5.74, 6) is 1.31. The summed E-state index contributed by atoms with van der Waals surface area (Å²) in [6, 6.07) is 24.0. The molecule has 244 valence electrons. The Morgan fingerprint density at radius 2 is 1.14 bits per heavy atom. The topological polar surface area (TPSA) is 118 Å². The number of hydrogen-bond donors (Lipinski definition) is 0. The van der Waals surface area contributed by atoms with Gasteiger partial charge in [-0.1, -0.05) is 24.3 Å². The maximum absolute atomic E-state index is 4.60. The minimum absolute atomic E-state index is 0.654. The number of aryl methyl sites for hydroxylation is 2. The molecule has 0 unspecified atom stereocenters. The molecule has 0 N–H and O–H groups in total. The third kappa shape index (κ3) is 6.31. The van der Waals surface area contributed by atoms with Gasteiger partial charge >= 0.3 is 0 Å². The van der Waals surface area contributed by atoms with E-state index in [0.717, 1.165) is 50.1 Å². The third-order valence-corrected chi connectivity index (χ3v) is 9.09. The Morgan fingerprint density at radius 1 is 0.592 bits per heavy atom. The Balaban J connectivity index is 0.000000154. The number of pyridine rings is 2. The van der Waals surface area contributed by atoms with Crippen LogP contribution in [0.3, 0.4) is 0 Å². The van der Waals surface area contributed by atoms with Crippen molar-refractivity contribution in [1.29, 1.82) is 0 Å². The molecule has 8 aromatic rings. The maximum Gasteiger partial charge on any atom is 0.203 e. The van der Waals surface area contributed by atoms with Gasteiger partial charge in [0, 0.05) is 61.6 Å². The molecule has 0 aliphatic carbocycles. The molecule has 0 aliphatic heterocycles. The normalized spacial score (nSPS) is 12.1. The van der Waals surface area contributed by atoms with Crippen LogP contribution in [0.15, 0.2) is 85.2 Å². The predicted octanol–water partition coefficient (Wildman–Crippen LogP) is 4.28. The molecule has 0 spiro atoms. The predicted molar refractivity (Wildman–Crippen MR) is 194 cm³/mol. The second-order valence-corrected chi connectivity index (χ2v) is 12.9. The fourth-order valence-electron chi connectivity index (χ4n) is 5.30. The SMILES string of the molecule is Cc1nn2c(-c3ccccn3)nnc2c1=Cc1ccc(N(C)C)cc1.Cc1nn2c(-c3ccccn3)nnc2c1=Cc1ccc(N(C)C)s1. The Labute approximate surface area is 286 Å². The van der Waals surface area contributed by atoms with E-state index in [2.05, 4.69) is 98.9 Å². The number of rotatable bonds is 6. The summed E-state index contributed by atoms with van der Waals surface area (Å²) in [4.78, 5) is 14.0. The molecular weight excluding hydrogens is 633 g/mol. The van der Waals surface area contributed by atoms with Gasteiger partial charge in [-0.15, -0.1) is 31.7 Å². The quantitative estimate of drug-likeness (QED) is 0.255. The molecule has 13 heteroatoms. The van der Waals surface area contributed by atoms with Crippen molar-refractivity contribution >= 4 is 45.5 Å². The van der Waals surface area contributed by atoms with E-state index in [1.54, 1.807) is 32.8 Å². The van der Waals surface area contributed by atoms with E-state index in [-0.39, 0.29) is 0 Å². The van der Waals surface area contributed by atoms with Gasteiger partial charge in [0.05, 0.1) is 16.4 Å². The zero-order valence-corrected chi connectivity index (χ0v) is 28.8. The van der Waals surface area contributed by atoms with Crippen LogP contribution in [0, 0.1) is 13.8 Å². The molecule has 0 aliphatic rings. The van der Waals surface area contributed by atoms with Crippen LogP contribution in [0.1, 0.15) is 21.8 Å². The van der Waals surface area contributed by atoms with E-state index in [4.69, 9.17) is 0 Å². The van der Waals surface area contributed by atoms with Crippen molar-refractivity contribution in [2.45, 2.75) is 13.8 Å². The lowest BCUT2D eigenvalue weighted by atomic mass is 10.1. The molecular formula is C36H34N12S. The Hall–Kier alpha value is -6.08. The van der Waals surface area contributed by atoms with Crippen LogP contribution < -0.4 is 20.2 Å². The van der Waals surface area contributed by atoms with Crippen LogP contribution in [0.5, 0.6) is 0 Å². The summed E-state index contributed by atoms with van der Waals surface area (Å²) in [6.07, 6.45) is 7.69. The smallest absolute Gasteiger partial charge is 0.203 e. The van der Waals surface area contributed by atoms with Crippen molar-refractivity contribution in [2.75, 3.05) is 38.0 Å². The van der Waals surface area contributed by atoms with Gasteiger partial charge in [-0.3, -0.25) is 9.97 Å². The van der Waals surface area contributed by atoms with Gasteiger partial charge in [0.2, 0.25) is 11.6 Å². The molecule has 0 fully saturated rings. The molecule has 1 aromatic carbocycles. The second-order valence-electron chi connectivity index (χ2n) is 11.8. The average molecular weight is 667 g/mol. The van der Waals surface area contributed by atoms with Crippen LogP contribution >= 0.6 is 11.3 Å². The maximum atomic E-state index is 4.60. The molecule has 12 nitrogen and oxygen atoms in total. The van der Waals surface area contributed by atoms with Crippen LogP contribution in [0.4, 0.5) is 10.7 Å². The van der Waals surface area contributed by atoms with E-state index in [1.165, 1.54) is 15.6 Å². The van der Waals surface area contributed by atoms with Gasteiger partial charge in [0.15, 0.2) is 11.3 Å². The number of nitrogens with zero attached hydrogens (tertiary/aromatic N) is 12. The third-order valence-electron chi connectivity index (χ3n) is 7.89. The summed E-state index contributed by atoms with van der Waals surface area (Å²) in [5.41, 5.74) is 7.14. The van der Waals surface area contributed by atoms with Crippen molar-refractivity contribution in [3.63, 3.8) is 0 Å². The Kier molecular flexibility index (Phi) is 8.49. The van der Waals surface area contributed by atoms with Gasteiger partial charge in [0.25, 0.3) is 0 Å². The molecule has 7 aromatic heterocycles. The summed E-state index contributed by atoms with van der Waals surface area (Å²) < 4.78 is 3.53. The van der Waals surface area contributed by atoms with E-state index < -0.39 is 0 Å². The standard InChI is InChI=1S/C19H18N6.C17H16N6S/c1-13-16(12-14-7-9-15(10-8-14)24(2)3)18-21-22-19(25(18)23-13)17-6-4-5-11-20-17;1-11-13(10-12-7-8-15(24-12)22(2)3)16-19-20-17(23(16)21-11)14-6-4-5-9-18-14/h4-12H,1-3H3;4-10H,1-3H3. The van der Waals surface area contributed by atoms with E-state index in [9.17, 15) is 0 Å². The molecule has 0 saturated heterocycles. The van der Waals surface area contributed by atoms with Crippen LogP contribution in [0.25, 0.3) is 46.5 Å². The first kappa shape index (κ1) is 31.5. The molecule has 49 heavy (non-hydrogen) atoms. The first-order valence-electron chi connectivity index (χ1n) is 15.6. The number of anilines is 2. The van der Waals surface area contributed by atoms with Gasteiger partial charge in [-0.05, 0) is 80.1 Å². The molecule has 0 atom stereocenters. The van der Waals surface area contributed by atoms with Gasteiger partial charge in [0.1, 0.15) is 11.4 Å². The molecule has 8 rings (SSSR count). The van der Waals surface area contributed by atoms with Crippen molar-refractivity contribution in [2.24, 2.45) is 0 Å². The Bertz CT molecular complexity index is 2460. The minimum Gasteiger partial charge on any atom is -0.378 e. The number of fused-ring (bicyclic) bond motifs is 2. The fraction of sp³-hybridized carbons (Fsp3) is 0.167. The second kappa shape index (κ2) is 13.2. The highest BCUT2D eigenvalue weighted by Gasteiger charge is 2.16. The first-order chi connectivity index (χ1) is 23.8. The van der Waals surface area contributed by atoms with Crippen molar-refractivity contribution in [1.82, 2.24) is 49.6 Å². The summed E-state index contributed by atoms with van der Waals surface area (Å²) in [7, 11) is 8.15. The van der Waals surface area contributed by atoms with Crippen LogP contribution in [0.2, 0.25) is 0 Å². The summed E-state index contributed by atoms with van der Waals surface area (Å²) in [6.45, 7) is 3.97. The highest BCUT2D eigenvalue weighted by atomic mass is 32.1. The zero-order chi connectivity index (χ0) is 34.1. The number of thiophene rings is 1. The lowest BCUT2D eigenvalue weighted by Gasteiger charge is -2.11. The summed E-state index contributed by atoms with van der Waals surface area (Å²) in [5, 5.41) is 29.6. The first-order valence-corrected chi connectivity index (χ1v) is 16.4. The van der Waals surface area contributed by atoms with E-state index in [1.807, 2.05) is 78.4 Å². The van der Waals surface area contributed by atoms with E-state index >= 15 is 0 Å². The van der Waals surface area contributed by atoms with E-state index in [0.29, 0.717) is 11.6 Å². The minimum atomic E-state index is 0.654. The molecule has 7 heterocycles. The Morgan fingerprint density at radius 3 is 1.61 bits per heavy atom. The van der Waals surface area contributed by atoms with Gasteiger partial charge in [-0.25, -0.2) is 0 Å². The summed E-state index contributed by atoms with van der Waals surface area (Å²) >= 11 is 1.73. The molecule has 0 saturated carbocycles. The zero-order valence-electron chi connectivity index (χ0n) is 28.0. The van der Waals surface area contributed by atoms with Crippen molar-refractivity contribution < 1.29 is 0 Å².